The maximum atomic E-state index is 12.4. The molecule has 0 fully saturated rings. The molecule has 0 aliphatic carbocycles. The Hall–Kier alpha value is -0.830. The van der Waals surface area contributed by atoms with Gasteiger partial charge in [0.1, 0.15) is 0 Å². The summed E-state index contributed by atoms with van der Waals surface area (Å²) in [5.74, 6) is -0.251. The Bertz CT molecular complexity index is 555. The van der Waals surface area contributed by atoms with Crippen molar-refractivity contribution in [2.45, 2.75) is 9.16 Å². The predicted octanol–water partition coefficient (Wildman–Crippen LogP) is 5.18. The minimum atomic E-state index is -1.36. The lowest BCUT2D eigenvalue weighted by molar-refractivity contribution is 0.0976. The van der Waals surface area contributed by atoms with E-state index >= 15 is 0 Å². The second-order valence-electron chi connectivity index (χ2n) is 4.09. The van der Waals surface area contributed by atoms with Crippen LogP contribution >= 0.6 is 39.1 Å². The van der Waals surface area contributed by atoms with Crippen LogP contribution in [0.3, 0.4) is 0 Å². The molecular weight excluding hydrogens is 347 g/mol. The minimum Gasteiger partial charge on any atom is -0.291 e. The molecule has 0 saturated carbocycles. The van der Waals surface area contributed by atoms with E-state index in [2.05, 4.69) is 15.9 Å². The van der Waals surface area contributed by atoms with Gasteiger partial charge in [-0.1, -0.05) is 88.2 Å². The predicted molar refractivity (Wildman–Crippen MR) is 83.3 cm³/mol. The van der Waals surface area contributed by atoms with Crippen LogP contribution in [-0.2, 0) is 0 Å². The highest BCUT2D eigenvalue weighted by atomic mass is 79.9. The number of benzene rings is 2. The van der Waals surface area contributed by atoms with Gasteiger partial charge >= 0.3 is 0 Å². The summed E-state index contributed by atoms with van der Waals surface area (Å²) in [4.78, 5) is 12.4. The van der Waals surface area contributed by atoms with Gasteiger partial charge in [0.25, 0.3) is 0 Å². The van der Waals surface area contributed by atoms with Crippen LogP contribution in [0.1, 0.15) is 21.3 Å². The Kier molecular flexibility index (Phi) is 4.67. The lowest BCUT2D eigenvalue weighted by Crippen LogP contribution is -2.30. The molecule has 0 unspecified atom stereocenters. The largest absolute Gasteiger partial charge is 0.291 e. The van der Waals surface area contributed by atoms with E-state index < -0.39 is 9.16 Å². The number of Topliss-reactive ketones (excluding diaryl/α,β-unsaturated/α-hetero) is 1. The van der Waals surface area contributed by atoms with Gasteiger partial charge in [-0.05, 0) is 5.56 Å². The quantitative estimate of drug-likeness (QED) is 0.544. The van der Waals surface area contributed by atoms with E-state index in [1.54, 1.807) is 24.3 Å². The number of rotatable bonds is 4. The molecule has 4 heteroatoms. The molecule has 0 N–H and O–H groups in total. The zero-order chi connectivity index (χ0) is 13.9. The highest BCUT2D eigenvalue weighted by Crippen LogP contribution is 2.44. The third-order valence-corrected chi connectivity index (χ3v) is 4.91. The van der Waals surface area contributed by atoms with Crippen molar-refractivity contribution in [1.29, 1.82) is 0 Å². The fourth-order valence-corrected chi connectivity index (χ4v) is 2.70. The average Bonchev–Trinajstić information content (AvgIpc) is 2.47. The standard InChI is InChI=1S/C15H11BrCl2O/c16-15(18,13(17)11-7-3-1-4-8-11)14(19)12-9-5-2-6-10-12/h1-10,13H/t13-,15+/m0/s1. The van der Waals surface area contributed by atoms with Crippen molar-refractivity contribution in [2.24, 2.45) is 0 Å². The SMILES string of the molecule is O=C(c1ccccc1)[C@@](Cl)(Br)[C@@H](Cl)c1ccccc1. The summed E-state index contributed by atoms with van der Waals surface area (Å²) in [6, 6.07) is 18.1. The average molecular weight is 358 g/mol. The molecule has 0 saturated heterocycles. The molecule has 2 atom stereocenters. The molecule has 0 radical (unpaired) electrons. The van der Waals surface area contributed by atoms with E-state index in [4.69, 9.17) is 23.2 Å². The van der Waals surface area contributed by atoms with Crippen LogP contribution in [0.5, 0.6) is 0 Å². The molecule has 1 nitrogen and oxygen atoms in total. The number of ketones is 1. The molecule has 0 aliphatic heterocycles. The van der Waals surface area contributed by atoms with Gasteiger partial charge in [0.2, 0.25) is 0 Å². The summed E-state index contributed by atoms with van der Waals surface area (Å²) in [7, 11) is 0. The fraction of sp³-hybridized carbons (Fsp3) is 0.133. The summed E-state index contributed by atoms with van der Waals surface area (Å²) < 4.78 is -1.36. The molecule has 0 amide bonds. The molecular formula is C15H11BrCl2O. The highest BCUT2D eigenvalue weighted by molar-refractivity contribution is 9.10. The lowest BCUT2D eigenvalue weighted by Gasteiger charge is -2.24. The first-order valence-corrected chi connectivity index (χ1v) is 7.31. The number of hydrogen-bond acceptors (Lipinski definition) is 1. The molecule has 2 rings (SSSR count). The number of alkyl halides is 3. The first-order valence-electron chi connectivity index (χ1n) is 5.70. The number of carbonyl (C=O) groups is 1. The van der Waals surface area contributed by atoms with E-state index in [1.807, 2.05) is 36.4 Å². The number of hydrogen-bond donors (Lipinski definition) is 0. The van der Waals surface area contributed by atoms with Gasteiger partial charge < -0.3 is 0 Å². The number of carbonyl (C=O) groups excluding carboxylic acids is 1. The van der Waals surface area contributed by atoms with E-state index in [0.717, 1.165) is 5.56 Å². The molecule has 0 heterocycles. The molecule has 19 heavy (non-hydrogen) atoms. The van der Waals surface area contributed by atoms with Crippen LogP contribution in [0, 0.1) is 0 Å². The van der Waals surface area contributed by atoms with Crippen LogP contribution in [-0.4, -0.2) is 9.57 Å². The first kappa shape index (κ1) is 14.6. The Labute approximate surface area is 130 Å². The van der Waals surface area contributed by atoms with E-state index in [0.29, 0.717) is 5.56 Å². The minimum absolute atomic E-state index is 0.251. The molecule has 2 aromatic rings. The fourth-order valence-electron chi connectivity index (χ4n) is 1.73. The first-order chi connectivity index (χ1) is 9.03. The molecule has 98 valence electrons. The zero-order valence-corrected chi connectivity index (χ0v) is 13.0. The van der Waals surface area contributed by atoms with Crippen molar-refractivity contribution in [3.8, 4) is 0 Å². The van der Waals surface area contributed by atoms with Crippen molar-refractivity contribution in [1.82, 2.24) is 0 Å². The van der Waals surface area contributed by atoms with Gasteiger partial charge in [0.05, 0.1) is 5.38 Å². The Morgan fingerprint density at radius 1 is 1.00 bits per heavy atom. The second kappa shape index (κ2) is 6.08. The third kappa shape index (κ3) is 3.19. The lowest BCUT2D eigenvalue weighted by atomic mass is 10.0. The van der Waals surface area contributed by atoms with Crippen LogP contribution in [0.15, 0.2) is 60.7 Å². The van der Waals surface area contributed by atoms with E-state index in [1.165, 1.54) is 0 Å². The molecule has 0 bridgehead atoms. The summed E-state index contributed by atoms with van der Waals surface area (Å²) in [5, 5.41) is -0.664. The summed E-state index contributed by atoms with van der Waals surface area (Å²) in [6.07, 6.45) is 0. The molecule has 2 aromatic carbocycles. The van der Waals surface area contributed by atoms with E-state index in [-0.39, 0.29) is 5.78 Å². The third-order valence-electron chi connectivity index (χ3n) is 2.75. The van der Waals surface area contributed by atoms with Gasteiger partial charge in [0, 0.05) is 5.56 Å². The smallest absolute Gasteiger partial charge is 0.196 e. The second-order valence-corrected chi connectivity index (χ2v) is 6.83. The van der Waals surface area contributed by atoms with Crippen molar-refractivity contribution < 1.29 is 4.79 Å². The summed E-state index contributed by atoms with van der Waals surface area (Å²) in [6.45, 7) is 0. The van der Waals surface area contributed by atoms with E-state index in [9.17, 15) is 4.79 Å². The Morgan fingerprint density at radius 3 is 2.00 bits per heavy atom. The summed E-state index contributed by atoms with van der Waals surface area (Å²) >= 11 is 16.0. The summed E-state index contributed by atoms with van der Waals surface area (Å²) in [5.41, 5.74) is 1.32. The number of halogens is 3. The molecule has 0 aromatic heterocycles. The monoisotopic (exact) mass is 356 g/mol. The van der Waals surface area contributed by atoms with Crippen LogP contribution in [0.2, 0.25) is 0 Å². The van der Waals surface area contributed by atoms with Gasteiger partial charge in [0.15, 0.2) is 9.57 Å². The van der Waals surface area contributed by atoms with Crippen molar-refractivity contribution in [3.63, 3.8) is 0 Å². The highest BCUT2D eigenvalue weighted by Gasteiger charge is 2.41. The van der Waals surface area contributed by atoms with Gasteiger partial charge in [-0.3, -0.25) is 4.79 Å². The zero-order valence-electron chi connectivity index (χ0n) is 9.89. The van der Waals surface area contributed by atoms with Gasteiger partial charge in [-0.25, -0.2) is 0 Å². The maximum Gasteiger partial charge on any atom is 0.196 e. The Morgan fingerprint density at radius 2 is 1.47 bits per heavy atom. The van der Waals surface area contributed by atoms with Gasteiger partial charge in [-0.15, -0.1) is 11.6 Å². The topological polar surface area (TPSA) is 17.1 Å². The normalized spacial score (nSPS) is 15.5. The molecule has 0 spiro atoms. The van der Waals surface area contributed by atoms with Crippen LogP contribution < -0.4 is 0 Å². The van der Waals surface area contributed by atoms with Crippen LogP contribution in [0.4, 0.5) is 0 Å². The van der Waals surface area contributed by atoms with Crippen molar-refractivity contribution >= 4 is 44.9 Å². The Balaban J connectivity index is 2.30. The van der Waals surface area contributed by atoms with Gasteiger partial charge in [-0.2, -0.15) is 0 Å². The van der Waals surface area contributed by atoms with Crippen molar-refractivity contribution in [2.75, 3.05) is 0 Å². The van der Waals surface area contributed by atoms with Crippen molar-refractivity contribution in [3.05, 3.63) is 71.8 Å². The van der Waals surface area contributed by atoms with Crippen LogP contribution in [0.25, 0.3) is 0 Å². The molecule has 0 aliphatic rings. The maximum absolute atomic E-state index is 12.4.